The van der Waals surface area contributed by atoms with Gasteiger partial charge in [-0.1, -0.05) is 17.7 Å². The van der Waals surface area contributed by atoms with Crippen molar-refractivity contribution in [3.05, 3.63) is 75.5 Å². The number of halogens is 1. The molecule has 7 nitrogen and oxygen atoms in total. The number of carbonyl (C=O) groups is 2. The molecular weight excluding hydrogens is 434 g/mol. The molecule has 0 fully saturated rings. The average molecular weight is 458 g/mol. The summed E-state index contributed by atoms with van der Waals surface area (Å²) in [6, 6.07) is 12.3. The van der Waals surface area contributed by atoms with Gasteiger partial charge in [0.1, 0.15) is 10.7 Å². The Balaban J connectivity index is 1.56. The van der Waals surface area contributed by atoms with Crippen LogP contribution in [0.1, 0.15) is 35.0 Å². The van der Waals surface area contributed by atoms with Crippen LogP contribution in [0.15, 0.2) is 54.0 Å². The molecule has 3 aromatic rings. The molecule has 0 aliphatic heterocycles. The van der Waals surface area contributed by atoms with Gasteiger partial charge in [-0.15, -0.1) is 11.3 Å². The number of aromatic nitrogens is 2. The number of thiazole rings is 1. The van der Waals surface area contributed by atoms with E-state index in [0.717, 1.165) is 5.69 Å². The van der Waals surface area contributed by atoms with Crippen molar-refractivity contribution in [3.8, 4) is 0 Å². The van der Waals surface area contributed by atoms with E-state index < -0.39 is 0 Å². The molecule has 3 amide bonds. The van der Waals surface area contributed by atoms with E-state index in [1.807, 2.05) is 32.0 Å². The monoisotopic (exact) mass is 457 g/mol. The second-order valence-corrected chi connectivity index (χ2v) is 8.49. The zero-order chi connectivity index (χ0) is 22.2. The summed E-state index contributed by atoms with van der Waals surface area (Å²) < 4.78 is 0. The number of nitrogens with zero attached hydrogens (tertiary/aromatic N) is 3. The lowest BCUT2D eigenvalue weighted by molar-refractivity contribution is 0.0949. The van der Waals surface area contributed by atoms with Gasteiger partial charge in [0.15, 0.2) is 0 Å². The van der Waals surface area contributed by atoms with Crippen molar-refractivity contribution in [2.75, 3.05) is 11.9 Å². The number of pyridine rings is 1. The number of hydrogen-bond donors (Lipinski definition) is 2. The summed E-state index contributed by atoms with van der Waals surface area (Å²) >= 11 is 7.25. The summed E-state index contributed by atoms with van der Waals surface area (Å²) in [4.78, 5) is 35.4. The molecule has 0 unspecified atom stereocenters. The van der Waals surface area contributed by atoms with Gasteiger partial charge in [0.05, 0.1) is 6.54 Å². The summed E-state index contributed by atoms with van der Waals surface area (Å²) in [6.07, 6.45) is 2.38. The molecule has 0 saturated carbocycles. The van der Waals surface area contributed by atoms with Gasteiger partial charge < -0.3 is 15.5 Å². The lowest BCUT2D eigenvalue weighted by Crippen LogP contribution is -2.39. The first-order valence-electron chi connectivity index (χ1n) is 9.88. The maximum Gasteiger partial charge on any atom is 0.322 e. The van der Waals surface area contributed by atoms with Crippen molar-refractivity contribution in [1.29, 1.82) is 0 Å². The van der Waals surface area contributed by atoms with E-state index in [4.69, 9.17) is 11.6 Å². The molecule has 0 bridgehead atoms. The van der Waals surface area contributed by atoms with Crippen molar-refractivity contribution < 1.29 is 9.59 Å². The van der Waals surface area contributed by atoms with Gasteiger partial charge >= 0.3 is 6.03 Å². The number of nitrogens with one attached hydrogen (secondary N) is 2. The minimum atomic E-state index is -0.242. The van der Waals surface area contributed by atoms with Gasteiger partial charge in [0, 0.05) is 47.0 Å². The second-order valence-electron chi connectivity index (χ2n) is 7.11. The number of hydrogen-bond acceptors (Lipinski definition) is 5. The number of rotatable bonds is 8. The van der Waals surface area contributed by atoms with E-state index in [0.29, 0.717) is 40.9 Å². The van der Waals surface area contributed by atoms with Crippen LogP contribution in [0.25, 0.3) is 0 Å². The summed E-state index contributed by atoms with van der Waals surface area (Å²) in [6.45, 7) is 4.65. The summed E-state index contributed by atoms with van der Waals surface area (Å²) in [5, 5.41) is 8.73. The zero-order valence-electron chi connectivity index (χ0n) is 17.3. The highest BCUT2D eigenvalue weighted by Crippen LogP contribution is 2.18. The maximum absolute atomic E-state index is 12.7. The first kappa shape index (κ1) is 22.7. The minimum Gasteiger partial charge on any atom is -0.350 e. The van der Waals surface area contributed by atoms with Crippen molar-refractivity contribution >= 4 is 40.6 Å². The van der Waals surface area contributed by atoms with Crippen molar-refractivity contribution in [2.24, 2.45) is 0 Å². The fourth-order valence-electron chi connectivity index (χ4n) is 2.79. The molecule has 0 aliphatic rings. The van der Waals surface area contributed by atoms with E-state index in [1.165, 1.54) is 11.3 Å². The number of benzene rings is 1. The molecular formula is C22H24ClN5O2S. The largest absolute Gasteiger partial charge is 0.350 e. The Morgan fingerprint density at radius 1 is 1.16 bits per heavy atom. The number of amides is 3. The van der Waals surface area contributed by atoms with E-state index in [1.54, 1.807) is 40.7 Å². The molecule has 2 heterocycles. The highest BCUT2D eigenvalue weighted by molar-refractivity contribution is 7.09. The summed E-state index contributed by atoms with van der Waals surface area (Å²) in [5.74, 6) is -0.236. The summed E-state index contributed by atoms with van der Waals surface area (Å²) in [5.41, 5.74) is 1.93. The highest BCUT2D eigenvalue weighted by atomic mass is 35.5. The van der Waals surface area contributed by atoms with Gasteiger partial charge in [0.2, 0.25) is 0 Å². The molecule has 1 aromatic carbocycles. The van der Waals surface area contributed by atoms with Gasteiger partial charge in [0.25, 0.3) is 5.91 Å². The third-order valence-corrected chi connectivity index (χ3v) is 5.55. The normalized spacial score (nSPS) is 10.7. The molecule has 0 atom stereocenters. The van der Waals surface area contributed by atoms with Crippen LogP contribution < -0.4 is 10.6 Å². The molecule has 162 valence electrons. The standard InChI is InChI=1S/C22H24ClN5O2S/c1-15(2)28(22(30)26-18-8-6-16(23)7-9-18)13-20-27-19(14-31-20)21(29)25-12-10-17-5-3-4-11-24-17/h3-9,11,14-15H,10,12-13H2,1-2H3,(H,25,29)(H,26,30). The van der Waals surface area contributed by atoms with E-state index in [2.05, 4.69) is 20.6 Å². The Kier molecular flexibility index (Phi) is 7.97. The van der Waals surface area contributed by atoms with Gasteiger partial charge in [-0.05, 0) is 50.2 Å². The van der Waals surface area contributed by atoms with Crippen LogP contribution >= 0.6 is 22.9 Å². The fourth-order valence-corrected chi connectivity index (χ4v) is 3.69. The first-order valence-corrected chi connectivity index (χ1v) is 11.1. The van der Waals surface area contributed by atoms with Crippen LogP contribution in [0, 0.1) is 0 Å². The molecule has 0 aliphatic carbocycles. The zero-order valence-corrected chi connectivity index (χ0v) is 18.9. The Bertz CT molecular complexity index is 1010. The van der Waals surface area contributed by atoms with Gasteiger partial charge in [-0.2, -0.15) is 0 Å². The van der Waals surface area contributed by atoms with E-state index in [-0.39, 0.29) is 18.0 Å². The lowest BCUT2D eigenvalue weighted by atomic mass is 10.2. The molecule has 2 aromatic heterocycles. The molecule has 3 rings (SSSR count). The first-order chi connectivity index (χ1) is 14.9. The molecule has 0 saturated heterocycles. The smallest absolute Gasteiger partial charge is 0.322 e. The number of carbonyl (C=O) groups excluding carboxylic acids is 2. The Morgan fingerprint density at radius 2 is 1.94 bits per heavy atom. The van der Waals surface area contributed by atoms with E-state index in [9.17, 15) is 9.59 Å². The quantitative estimate of drug-likeness (QED) is 0.517. The van der Waals surface area contributed by atoms with Crippen LogP contribution in [0.4, 0.5) is 10.5 Å². The minimum absolute atomic E-state index is 0.0492. The average Bonchev–Trinajstić information content (AvgIpc) is 3.23. The highest BCUT2D eigenvalue weighted by Gasteiger charge is 2.20. The molecule has 0 spiro atoms. The van der Waals surface area contributed by atoms with Crippen LogP contribution in [0.5, 0.6) is 0 Å². The van der Waals surface area contributed by atoms with Crippen molar-refractivity contribution in [2.45, 2.75) is 32.9 Å². The Labute approximate surface area is 190 Å². The third kappa shape index (κ3) is 6.77. The van der Waals surface area contributed by atoms with Crippen molar-refractivity contribution in [3.63, 3.8) is 0 Å². The number of urea groups is 1. The predicted octanol–water partition coefficient (Wildman–Crippen LogP) is 4.61. The van der Waals surface area contributed by atoms with Crippen LogP contribution in [-0.4, -0.2) is 39.4 Å². The molecule has 0 radical (unpaired) electrons. The SMILES string of the molecule is CC(C)N(Cc1nc(C(=O)NCCc2ccccn2)cs1)C(=O)Nc1ccc(Cl)cc1. The van der Waals surface area contributed by atoms with Gasteiger partial charge in [-0.3, -0.25) is 9.78 Å². The fraction of sp³-hybridized carbons (Fsp3) is 0.273. The molecule has 2 N–H and O–H groups in total. The van der Waals surface area contributed by atoms with Crippen LogP contribution in [-0.2, 0) is 13.0 Å². The van der Waals surface area contributed by atoms with Crippen molar-refractivity contribution in [1.82, 2.24) is 20.2 Å². The van der Waals surface area contributed by atoms with E-state index >= 15 is 0 Å². The molecule has 9 heteroatoms. The third-order valence-electron chi connectivity index (χ3n) is 4.46. The Hall–Kier alpha value is -2.97. The second kappa shape index (κ2) is 10.9. The lowest BCUT2D eigenvalue weighted by Gasteiger charge is -2.26. The van der Waals surface area contributed by atoms with Crippen LogP contribution in [0.3, 0.4) is 0 Å². The molecule has 31 heavy (non-hydrogen) atoms. The number of anilines is 1. The van der Waals surface area contributed by atoms with Crippen LogP contribution in [0.2, 0.25) is 5.02 Å². The topological polar surface area (TPSA) is 87.2 Å². The summed E-state index contributed by atoms with van der Waals surface area (Å²) in [7, 11) is 0. The maximum atomic E-state index is 12.7. The Morgan fingerprint density at radius 3 is 2.61 bits per heavy atom. The predicted molar refractivity (Wildman–Crippen MR) is 124 cm³/mol. The van der Waals surface area contributed by atoms with Gasteiger partial charge in [-0.25, -0.2) is 9.78 Å².